The largest absolute Gasteiger partial charge is 0.435 e. The van der Waals surface area contributed by atoms with Crippen molar-refractivity contribution in [3.63, 3.8) is 0 Å². The number of hydrogen-bond acceptors (Lipinski definition) is 6. The molecule has 136 valence electrons. The minimum atomic E-state index is -4.61. The summed E-state index contributed by atoms with van der Waals surface area (Å²) in [6.45, 7) is 3.30. The zero-order chi connectivity index (χ0) is 18.2. The quantitative estimate of drug-likeness (QED) is 0.898. The molecule has 1 saturated heterocycles. The normalized spacial score (nSPS) is 16.3. The second kappa shape index (κ2) is 6.37. The third-order valence-corrected chi connectivity index (χ3v) is 3.94. The summed E-state index contributed by atoms with van der Waals surface area (Å²) in [7, 11) is 1.27. The summed E-state index contributed by atoms with van der Waals surface area (Å²) in [5.74, 6) is -0.0686. The molecular weight excluding hydrogens is 341 g/mol. The fourth-order valence-electron chi connectivity index (χ4n) is 2.60. The summed E-state index contributed by atoms with van der Waals surface area (Å²) < 4.78 is 44.1. The van der Waals surface area contributed by atoms with Crippen molar-refractivity contribution in [1.29, 1.82) is 0 Å². The van der Waals surface area contributed by atoms with Crippen molar-refractivity contribution >= 4 is 11.9 Å². The van der Waals surface area contributed by atoms with Crippen LogP contribution in [0, 0.1) is 0 Å². The lowest BCUT2D eigenvalue weighted by atomic mass is 10.3. The molecule has 0 radical (unpaired) electrons. The predicted molar refractivity (Wildman–Crippen MR) is 79.8 cm³/mol. The lowest BCUT2D eigenvalue weighted by molar-refractivity contribution is -0.141. The van der Waals surface area contributed by atoms with Crippen LogP contribution in [0.3, 0.4) is 0 Å². The Balaban J connectivity index is 1.69. The van der Waals surface area contributed by atoms with E-state index in [1.165, 1.54) is 7.05 Å². The van der Waals surface area contributed by atoms with Crippen LogP contribution >= 0.6 is 0 Å². The molecule has 1 atom stereocenters. The zero-order valence-electron chi connectivity index (χ0n) is 13.7. The summed E-state index contributed by atoms with van der Waals surface area (Å²) >= 11 is 0. The molecule has 0 spiro atoms. The van der Waals surface area contributed by atoms with Gasteiger partial charge in [0.15, 0.2) is 5.69 Å². The highest BCUT2D eigenvalue weighted by molar-refractivity contribution is 5.92. The van der Waals surface area contributed by atoms with Gasteiger partial charge in [-0.3, -0.25) is 9.48 Å². The molecule has 1 N–H and O–H groups in total. The van der Waals surface area contributed by atoms with Crippen molar-refractivity contribution in [3.8, 4) is 0 Å². The summed E-state index contributed by atoms with van der Waals surface area (Å²) in [4.78, 5) is 18.4. The van der Waals surface area contributed by atoms with Crippen LogP contribution in [0.2, 0.25) is 0 Å². The fourth-order valence-corrected chi connectivity index (χ4v) is 2.60. The van der Waals surface area contributed by atoms with E-state index in [-0.39, 0.29) is 11.6 Å². The monoisotopic (exact) mass is 358 g/mol. The van der Waals surface area contributed by atoms with Gasteiger partial charge in [0.25, 0.3) is 17.7 Å². The third kappa shape index (κ3) is 3.59. The summed E-state index contributed by atoms with van der Waals surface area (Å²) in [5, 5.41) is 9.73. The van der Waals surface area contributed by atoms with Gasteiger partial charge in [0.05, 0.1) is 0 Å². The molecule has 2 aromatic heterocycles. The van der Waals surface area contributed by atoms with Gasteiger partial charge in [-0.2, -0.15) is 23.3 Å². The van der Waals surface area contributed by atoms with E-state index in [4.69, 9.17) is 4.52 Å². The molecule has 11 heteroatoms. The number of carbonyl (C=O) groups is 1. The molecule has 3 rings (SSSR count). The van der Waals surface area contributed by atoms with E-state index in [1.54, 1.807) is 6.92 Å². The van der Waals surface area contributed by atoms with E-state index in [9.17, 15) is 18.0 Å². The molecule has 2 aromatic rings. The molecule has 8 nitrogen and oxygen atoms in total. The summed E-state index contributed by atoms with van der Waals surface area (Å²) in [6.07, 6.45) is -2.50. The molecule has 0 aliphatic carbocycles. The number of alkyl halides is 3. The molecule has 3 heterocycles. The van der Waals surface area contributed by atoms with E-state index in [0.717, 1.165) is 30.6 Å². The topological polar surface area (TPSA) is 89.1 Å². The van der Waals surface area contributed by atoms with Crippen LogP contribution in [-0.2, 0) is 13.2 Å². The minimum Gasteiger partial charge on any atom is -0.339 e. The number of rotatable bonds is 4. The molecule has 0 bridgehead atoms. The highest BCUT2D eigenvalue weighted by atomic mass is 19.4. The molecule has 1 amide bonds. The average molecular weight is 358 g/mol. The van der Waals surface area contributed by atoms with Crippen LogP contribution in [0.5, 0.6) is 0 Å². The first-order chi connectivity index (χ1) is 11.8. The van der Waals surface area contributed by atoms with Gasteiger partial charge < -0.3 is 14.7 Å². The van der Waals surface area contributed by atoms with Gasteiger partial charge in [0.1, 0.15) is 11.7 Å². The minimum absolute atomic E-state index is 0.188. The van der Waals surface area contributed by atoms with Crippen molar-refractivity contribution in [2.45, 2.75) is 32.0 Å². The maximum Gasteiger partial charge on any atom is 0.435 e. The Morgan fingerprint density at radius 2 is 2.04 bits per heavy atom. The number of aryl methyl sites for hydroxylation is 1. The Morgan fingerprint density at radius 3 is 2.64 bits per heavy atom. The fraction of sp³-hybridized carbons (Fsp3) is 0.571. The Hall–Kier alpha value is -2.59. The maximum atomic E-state index is 12.7. The number of anilines is 1. The smallest absolute Gasteiger partial charge is 0.339 e. The molecular formula is C14H17F3N6O2. The first-order valence-corrected chi connectivity index (χ1v) is 7.76. The lowest BCUT2D eigenvalue weighted by Crippen LogP contribution is -2.28. The molecule has 0 unspecified atom stereocenters. The average Bonchev–Trinajstić information content (AvgIpc) is 3.26. The first-order valence-electron chi connectivity index (χ1n) is 7.76. The highest BCUT2D eigenvalue weighted by Gasteiger charge is 2.35. The van der Waals surface area contributed by atoms with Gasteiger partial charge in [-0.15, -0.1) is 0 Å². The van der Waals surface area contributed by atoms with Gasteiger partial charge in [0.2, 0.25) is 0 Å². The van der Waals surface area contributed by atoms with Crippen molar-refractivity contribution < 1.29 is 22.5 Å². The third-order valence-electron chi connectivity index (χ3n) is 3.94. The standard InChI is InChI=1S/C14H17F3N6O2/c1-8(12-19-13(21-25-12)23-5-3-4-6-23)18-11(24)9-7-10(14(15,16)17)20-22(9)2/h7-8H,3-6H2,1-2H3,(H,18,24)/t8-/m0/s1. The molecule has 1 aliphatic heterocycles. The lowest BCUT2D eigenvalue weighted by Gasteiger charge is -2.11. The van der Waals surface area contributed by atoms with Crippen molar-refractivity contribution in [2.24, 2.45) is 7.05 Å². The van der Waals surface area contributed by atoms with Gasteiger partial charge in [0, 0.05) is 26.2 Å². The van der Waals surface area contributed by atoms with Crippen LogP contribution in [0.1, 0.15) is 47.9 Å². The Labute approximate surface area is 141 Å². The van der Waals surface area contributed by atoms with E-state index in [2.05, 4.69) is 20.6 Å². The predicted octanol–water partition coefficient (Wildman–Crippen LogP) is 1.91. The van der Waals surface area contributed by atoms with E-state index in [0.29, 0.717) is 12.0 Å². The number of aromatic nitrogens is 4. The van der Waals surface area contributed by atoms with Gasteiger partial charge >= 0.3 is 6.18 Å². The van der Waals surface area contributed by atoms with Gasteiger partial charge in [-0.05, 0) is 24.9 Å². The number of hydrogen-bond donors (Lipinski definition) is 1. The summed E-state index contributed by atoms with van der Waals surface area (Å²) in [5.41, 5.74) is -1.33. The van der Waals surface area contributed by atoms with E-state index in [1.807, 2.05) is 4.90 Å². The van der Waals surface area contributed by atoms with Crippen LogP contribution in [0.4, 0.5) is 19.1 Å². The molecule has 1 fully saturated rings. The van der Waals surface area contributed by atoms with Crippen LogP contribution in [0.15, 0.2) is 10.6 Å². The van der Waals surface area contributed by atoms with Crippen molar-refractivity contribution in [3.05, 3.63) is 23.3 Å². The number of nitrogens with zero attached hydrogens (tertiary/aromatic N) is 5. The first kappa shape index (κ1) is 17.2. The van der Waals surface area contributed by atoms with E-state index < -0.39 is 23.8 Å². The second-order valence-corrected chi connectivity index (χ2v) is 5.86. The Bertz CT molecular complexity index is 763. The maximum absolute atomic E-state index is 12.7. The highest BCUT2D eigenvalue weighted by Crippen LogP contribution is 2.28. The van der Waals surface area contributed by atoms with Crippen LogP contribution in [-0.4, -0.2) is 38.9 Å². The number of halogens is 3. The molecule has 0 saturated carbocycles. The number of amides is 1. The van der Waals surface area contributed by atoms with Gasteiger partial charge in [-0.25, -0.2) is 0 Å². The molecule has 0 aromatic carbocycles. The van der Waals surface area contributed by atoms with Gasteiger partial charge in [-0.1, -0.05) is 0 Å². The van der Waals surface area contributed by atoms with Crippen LogP contribution < -0.4 is 10.2 Å². The summed E-state index contributed by atoms with van der Waals surface area (Å²) in [6, 6.07) is 0.0477. The number of carbonyl (C=O) groups excluding carboxylic acids is 1. The van der Waals surface area contributed by atoms with Crippen molar-refractivity contribution in [2.75, 3.05) is 18.0 Å². The molecule has 25 heavy (non-hydrogen) atoms. The second-order valence-electron chi connectivity index (χ2n) is 5.86. The number of nitrogens with one attached hydrogen (secondary N) is 1. The SMILES string of the molecule is C[C@H](NC(=O)c1cc(C(F)(F)F)nn1C)c1nc(N2CCCC2)no1. The van der Waals surface area contributed by atoms with E-state index >= 15 is 0 Å². The van der Waals surface area contributed by atoms with Crippen LogP contribution in [0.25, 0.3) is 0 Å². The Kier molecular flexibility index (Phi) is 4.39. The zero-order valence-corrected chi connectivity index (χ0v) is 13.7. The van der Waals surface area contributed by atoms with Crippen molar-refractivity contribution in [1.82, 2.24) is 25.2 Å². The molecule has 1 aliphatic rings. The Morgan fingerprint density at radius 1 is 1.36 bits per heavy atom.